The third kappa shape index (κ3) is 8.89. The second kappa shape index (κ2) is 7.00. The summed E-state index contributed by atoms with van der Waals surface area (Å²) in [6.45, 7) is 23.3. The first-order valence-electron chi connectivity index (χ1n) is 8.29. The van der Waals surface area contributed by atoms with Crippen molar-refractivity contribution in [2.75, 3.05) is 6.61 Å². The SMILES string of the molecule is CC(C)(C)CC(=O)C(C)(C)C.CC1(C)OCC(C(C)(C)C)O1. The fourth-order valence-electron chi connectivity index (χ4n) is 1.86. The zero-order valence-electron chi connectivity index (χ0n) is 16.7. The summed E-state index contributed by atoms with van der Waals surface area (Å²) >= 11 is 0. The highest BCUT2D eigenvalue weighted by Crippen LogP contribution is 2.33. The topological polar surface area (TPSA) is 35.5 Å². The van der Waals surface area contributed by atoms with Gasteiger partial charge in [0.1, 0.15) is 5.78 Å². The van der Waals surface area contributed by atoms with Crippen molar-refractivity contribution in [1.82, 2.24) is 0 Å². The fourth-order valence-corrected chi connectivity index (χ4v) is 1.86. The number of hydrogen-bond donors (Lipinski definition) is 0. The molecule has 132 valence electrons. The molecule has 1 aliphatic heterocycles. The predicted molar refractivity (Wildman–Crippen MR) is 92.9 cm³/mol. The maximum Gasteiger partial charge on any atom is 0.163 e. The van der Waals surface area contributed by atoms with Gasteiger partial charge in [-0.15, -0.1) is 0 Å². The summed E-state index contributed by atoms with van der Waals surface area (Å²) in [5, 5.41) is 0. The number of hydrogen-bond acceptors (Lipinski definition) is 3. The summed E-state index contributed by atoms with van der Waals surface area (Å²) in [5.41, 5.74) is 0.144. The molecule has 0 radical (unpaired) electrons. The van der Waals surface area contributed by atoms with Gasteiger partial charge >= 0.3 is 0 Å². The maximum atomic E-state index is 11.5. The molecule has 0 aromatic heterocycles. The second-order valence-electron chi connectivity index (χ2n) is 10.1. The van der Waals surface area contributed by atoms with Gasteiger partial charge in [0.05, 0.1) is 12.7 Å². The van der Waals surface area contributed by atoms with Gasteiger partial charge in [-0.25, -0.2) is 0 Å². The molecular formula is C19H38O3. The Bertz CT molecular complexity index is 362. The van der Waals surface area contributed by atoms with Crippen LogP contribution in [0.15, 0.2) is 0 Å². The summed E-state index contributed by atoms with van der Waals surface area (Å²) in [6.07, 6.45) is 0.911. The average Bonchev–Trinajstić information content (AvgIpc) is 2.55. The van der Waals surface area contributed by atoms with Crippen LogP contribution in [0.4, 0.5) is 0 Å². The number of ketones is 1. The van der Waals surface area contributed by atoms with Gasteiger partial charge in [0, 0.05) is 11.8 Å². The normalized spacial score (nSPS) is 22.0. The molecule has 1 rings (SSSR count). The Morgan fingerprint density at radius 2 is 1.45 bits per heavy atom. The van der Waals surface area contributed by atoms with Gasteiger partial charge < -0.3 is 9.47 Å². The van der Waals surface area contributed by atoms with E-state index in [1.165, 1.54) is 0 Å². The molecule has 0 spiro atoms. The van der Waals surface area contributed by atoms with E-state index in [4.69, 9.17) is 9.47 Å². The number of ether oxygens (including phenoxy) is 2. The summed E-state index contributed by atoms with van der Waals surface area (Å²) in [7, 11) is 0. The van der Waals surface area contributed by atoms with Gasteiger partial charge in [-0.3, -0.25) is 4.79 Å². The van der Waals surface area contributed by atoms with Crippen LogP contribution in [0.5, 0.6) is 0 Å². The number of carbonyl (C=O) groups is 1. The lowest BCUT2D eigenvalue weighted by atomic mass is 9.80. The molecule has 0 aliphatic carbocycles. The van der Waals surface area contributed by atoms with E-state index in [0.29, 0.717) is 12.2 Å². The highest BCUT2D eigenvalue weighted by Gasteiger charge is 2.39. The molecule has 0 aromatic carbocycles. The van der Waals surface area contributed by atoms with Crippen LogP contribution in [0.2, 0.25) is 0 Å². The summed E-state index contributed by atoms with van der Waals surface area (Å²) < 4.78 is 11.1. The van der Waals surface area contributed by atoms with Crippen LogP contribution in [0.1, 0.15) is 82.6 Å². The Hall–Kier alpha value is -0.410. The second-order valence-corrected chi connectivity index (χ2v) is 10.1. The predicted octanol–water partition coefficient (Wildman–Crippen LogP) is 5.22. The van der Waals surface area contributed by atoms with Crippen LogP contribution in [-0.4, -0.2) is 24.3 Å². The van der Waals surface area contributed by atoms with Crippen molar-refractivity contribution in [2.45, 2.75) is 94.5 Å². The Balaban J connectivity index is 0.000000401. The Kier molecular flexibility index (Phi) is 6.87. The zero-order chi connectivity index (χ0) is 18.0. The molecule has 1 heterocycles. The van der Waals surface area contributed by atoms with E-state index in [1.807, 2.05) is 34.6 Å². The van der Waals surface area contributed by atoms with Crippen LogP contribution in [0, 0.1) is 16.2 Å². The molecule has 3 nitrogen and oxygen atoms in total. The van der Waals surface area contributed by atoms with E-state index in [2.05, 4.69) is 41.5 Å². The van der Waals surface area contributed by atoms with Gasteiger partial charge in [-0.2, -0.15) is 0 Å². The molecule has 0 bridgehead atoms. The molecule has 1 atom stereocenters. The van der Waals surface area contributed by atoms with E-state index in [0.717, 1.165) is 6.61 Å². The van der Waals surface area contributed by atoms with Gasteiger partial charge in [0.25, 0.3) is 0 Å². The number of Topliss-reactive ketones (excluding diaryl/α,β-unsaturated/α-hetero) is 1. The Morgan fingerprint density at radius 1 is 1.00 bits per heavy atom. The van der Waals surface area contributed by atoms with Crippen molar-refractivity contribution in [1.29, 1.82) is 0 Å². The van der Waals surface area contributed by atoms with E-state index in [1.54, 1.807) is 0 Å². The quantitative estimate of drug-likeness (QED) is 0.665. The first-order chi connectivity index (χ1) is 9.44. The largest absolute Gasteiger partial charge is 0.348 e. The van der Waals surface area contributed by atoms with Crippen LogP contribution >= 0.6 is 0 Å². The number of rotatable bonds is 1. The van der Waals surface area contributed by atoms with Crippen molar-refractivity contribution < 1.29 is 14.3 Å². The van der Waals surface area contributed by atoms with Gasteiger partial charge in [-0.1, -0.05) is 62.3 Å². The van der Waals surface area contributed by atoms with Gasteiger partial charge in [0.15, 0.2) is 5.79 Å². The lowest BCUT2D eigenvalue weighted by Crippen LogP contribution is -2.30. The molecule has 1 unspecified atom stereocenters. The van der Waals surface area contributed by atoms with Crippen molar-refractivity contribution in [2.24, 2.45) is 16.2 Å². The first-order valence-corrected chi connectivity index (χ1v) is 8.29. The third-order valence-electron chi connectivity index (χ3n) is 3.50. The maximum absolute atomic E-state index is 11.5. The number of carbonyl (C=O) groups excluding carboxylic acids is 1. The Morgan fingerprint density at radius 3 is 1.59 bits per heavy atom. The molecule has 1 saturated heterocycles. The molecule has 1 fully saturated rings. The summed E-state index contributed by atoms with van der Waals surface area (Å²) in [5.74, 6) is -0.0252. The molecule has 3 heteroatoms. The monoisotopic (exact) mass is 314 g/mol. The molecule has 0 amide bonds. The smallest absolute Gasteiger partial charge is 0.163 e. The molecule has 0 N–H and O–H groups in total. The minimum atomic E-state index is -0.377. The lowest BCUT2D eigenvalue weighted by Gasteiger charge is -2.26. The van der Waals surface area contributed by atoms with E-state index in [-0.39, 0.29) is 28.1 Å². The fraction of sp³-hybridized carbons (Fsp3) is 0.947. The van der Waals surface area contributed by atoms with Gasteiger partial charge in [0.2, 0.25) is 0 Å². The van der Waals surface area contributed by atoms with Crippen LogP contribution in [0.3, 0.4) is 0 Å². The molecule has 22 heavy (non-hydrogen) atoms. The summed E-state index contributed by atoms with van der Waals surface area (Å²) in [4.78, 5) is 11.5. The van der Waals surface area contributed by atoms with Crippen molar-refractivity contribution in [3.8, 4) is 0 Å². The average molecular weight is 315 g/mol. The molecule has 1 aliphatic rings. The van der Waals surface area contributed by atoms with Crippen LogP contribution in [0.25, 0.3) is 0 Å². The molecule has 0 saturated carbocycles. The van der Waals surface area contributed by atoms with Crippen molar-refractivity contribution >= 4 is 5.78 Å². The Labute approximate surface area is 138 Å². The summed E-state index contributed by atoms with van der Waals surface area (Å²) in [6, 6.07) is 0. The zero-order valence-corrected chi connectivity index (χ0v) is 16.7. The van der Waals surface area contributed by atoms with E-state index in [9.17, 15) is 4.79 Å². The highest BCUT2D eigenvalue weighted by atomic mass is 16.7. The third-order valence-corrected chi connectivity index (χ3v) is 3.50. The first kappa shape index (κ1) is 21.6. The lowest BCUT2D eigenvalue weighted by molar-refractivity contribution is -0.150. The van der Waals surface area contributed by atoms with Crippen molar-refractivity contribution in [3.63, 3.8) is 0 Å². The van der Waals surface area contributed by atoms with Crippen LogP contribution in [-0.2, 0) is 14.3 Å². The standard InChI is InChI=1S/C10H20O.C9H18O2/c1-9(2,3)7-8(11)10(4,5)6;1-8(2,3)7-6-10-9(4,5)11-7/h7H2,1-6H3;7H,6H2,1-5H3. The van der Waals surface area contributed by atoms with E-state index < -0.39 is 0 Å². The minimum Gasteiger partial charge on any atom is -0.348 e. The van der Waals surface area contributed by atoms with Crippen LogP contribution < -0.4 is 0 Å². The highest BCUT2D eigenvalue weighted by molar-refractivity contribution is 5.84. The molecule has 0 aromatic rings. The van der Waals surface area contributed by atoms with Gasteiger partial charge in [-0.05, 0) is 24.7 Å². The minimum absolute atomic E-state index is 0.129. The van der Waals surface area contributed by atoms with Crippen molar-refractivity contribution in [3.05, 3.63) is 0 Å². The van der Waals surface area contributed by atoms with E-state index >= 15 is 0 Å². The molecular weight excluding hydrogens is 276 g/mol.